The van der Waals surface area contributed by atoms with Gasteiger partial charge >= 0.3 is 5.97 Å². The molecule has 0 heterocycles. The molecule has 7 heteroatoms. The maximum atomic E-state index is 13.4. The second-order valence-corrected chi connectivity index (χ2v) is 5.08. The van der Waals surface area contributed by atoms with Crippen molar-refractivity contribution in [3.8, 4) is 11.5 Å². The second-order valence-electron chi connectivity index (χ2n) is 5.08. The number of methoxy groups -OCH3 is 2. The largest absolute Gasteiger partial charge is 0.497 e. The number of nitrogens with one attached hydrogen (secondary N) is 1. The summed E-state index contributed by atoms with van der Waals surface area (Å²) in [4.78, 5) is 23.4. The molecule has 0 aliphatic rings. The van der Waals surface area contributed by atoms with Crippen LogP contribution in [-0.4, -0.2) is 32.7 Å². The predicted octanol–water partition coefficient (Wildman–Crippen LogP) is 3.04. The van der Waals surface area contributed by atoms with Gasteiger partial charge in [-0.3, -0.25) is 4.79 Å². The molecule has 6 nitrogen and oxygen atoms in total. The van der Waals surface area contributed by atoms with E-state index in [1.165, 1.54) is 44.6 Å². The third kappa shape index (κ3) is 5.34. The van der Waals surface area contributed by atoms with Crippen LogP contribution in [0.3, 0.4) is 0 Å². The fraction of sp³-hybridized carbons (Fsp3) is 0.158. The Morgan fingerprint density at radius 1 is 1.12 bits per heavy atom. The molecule has 1 amide bonds. The molecule has 0 radical (unpaired) electrons. The van der Waals surface area contributed by atoms with E-state index in [0.717, 1.165) is 0 Å². The molecule has 0 aliphatic heterocycles. The first-order valence-corrected chi connectivity index (χ1v) is 7.64. The van der Waals surface area contributed by atoms with Crippen LogP contribution in [0.1, 0.15) is 5.56 Å². The van der Waals surface area contributed by atoms with Gasteiger partial charge in [-0.15, -0.1) is 0 Å². The first-order chi connectivity index (χ1) is 12.5. The summed E-state index contributed by atoms with van der Waals surface area (Å²) in [5, 5.41) is 2.32. The Morgan fingerprint density at radius 3 is 2.58 bits per heavy atom. The highest BCUT2D eigenvalue weighted by Crippen LogP contribution is 2.25. The van der Waals surface area contributed by atoms with Crippen molar-refractivity contribution in [3.05, 3.63) is 59.9 Å². The Kier molecular flexibility index (Phi) is 6.73. The first-order valence-electron chi connectivity index (χ1n) is 7.64. The van der Waals surface area contributed by atoms with Gasteiger partial charge in [-0.2, -0.15) is 0 Å². The van der Waals surface area contributed by atoms with Gasteiger partial charge in [0.25, 0.3) is 5.91 Å². The van der Waals surface area contributed by atoms with Gasteiger partial charge in [-0.1, -0.05) is 12.1 Å². The van der Waals surface area contributed by atoms with E-state index in [9.17, 15) is 14.0 Å². The molecule has 0 saturated heterocycles. The molecule has 0 aromatic heterocycles. The van der Waals surface area contributed by atoms with Crippen molar-refractivity contribution in [2.24, 2.45) is 0 Å². The van der Waals surface area contributed by atoms with Crippen LogP contribution >= 0.6 is 0 Å². The van der Waals surface area contributed by atoms with Crippen molar-refractivity contribution in [1.82, 2.24) is 0 Å². The normalized spacial score (nSPS) is 10.4. The molecule has 0 fully saturated rings. The smallest absolute Gasteiger partial charge is 0.331 e. The Hall–Kier alpha value is -3.35. The third-order valence-electron chi connectivity index (χ3n) is 3.33. The Balaban J connectivity index is 1.89. The number of benzene rings is 2. The van der Waals surface area contributed by atoms with Crippen LogP contribution in [0.5, 0.6) is 11.5 Å². The van der Waals surface area contributed by atoms with E-state index in [0.29, 0.717) is 17.1 Å². The lowest BCUT2D eigenvalue weighted by atomic mass is 10.2. The topological polar surface area (TPSA) is 73.9 Å². The van der Waals surface area contributed by atoms with Gasteiger partial charge < -0.3 is 19.5 Å². The second kappa shape index (κ2) is 9.22. The number of carbonyl (C=O) groups excluding carboxylic acids is 2. The van der Waals surface area contributed by atoms with Crippen LogP contribution in [0, 0.1) is 5.82 Å². The molecule has 136 valence electrons. The van der Waals surface area contributed by atoms with Gasteiger partial charge in [-0.05, 0) is 30.3 Å². The van der Waals surface area contributed by atoms with Crippen molar-refractivity contribution >= 4 is 23.6 Å². The van der Waals surface area contributed by atoms with Crippen molar-refractivity contribution < 1.29 is 28.2 Å². The van der Waals surface area contributed by atoms with Crippen LogP contribution in [-0.2, 0) is 14.3 Å². The maximum absolute atomic E-state index is 13.4. The van der Waals surface area contributed by atoms with Crippen molar-refractivity contribution in [2.45, 2.75) is 0 Å². The van der Waals surface area contributed by atoms with Crippen molar-refractivity contribution in [3.63, 3.8) is 0 Å². The fourth-order valence-corrected chi connectivity index (χ4v) is 2.05. The third-order valence-corrected chi connectivity index (χ3v) is 3.33. The van der Waals surface area contributed by atoms with Gasteiger partial charge in [0.15, 0.2) is 6.61 Å². The summed E-state index contributed by atoms with van der Waals surface area (Å²) < 4.78 is 28.6. The number of esters is 1. The molecule has 0 spiro atoms. The van der Waals surface area contributed by atoms with Crippen molar-refractivity contribution in [1.29, 1.82) is 0 Å². The van der Waals surface area contributed by atoms with Crippen LogP contribution in [0.4, 0.5) is 10.1 Å². The number of halogens is 1. The van der Waals surface area contributed by atoms with Crippen LogP contribution in [0.15, 0.2) is 48.5 Å². The number of hydrogen-bond donors (Lipinski definition) is 1. The van der Waals surface area contributed by atoms with Crippen LogP contribution < -0.4 is 14.8 Å². The van der Waals surface area contributed by atoms with E-state index < -0.39 is 24.3 Å². The molecule has 0 aliphatic carbocycles. The SMILES string of the molecule is COc1ccc(C=CC(=O)OCC(=O)Nc2ccccc2F)c(OC)c1. The van der Waals surface area contributed by atoms with E-state index >= 15 is 0 Å². The molecule has 0 bridgehead atoms. The molecule has 2 aromatic rings. The zero-order valence-corrected chi connectivity index (χ0v) is 14.3. The molecule has 0 saturated carbocycles. The number of rotatable bonds is 7. The molecule has 2 rings (SSSR count). The maximum Gasteiger partial charge on any atom is 0.331 e. The number of anilines is 1. The van der Waals surface area contributed by atoms with E-state index in [1.54, 1.807) is 24.3 Å². The average Bonchev–Trinajstić information content (AvgIpc) is 2.66. The number of para-hydroxylation sites is 1. The number of carbonyl (C=O) groups is 2. The summed E-state index contributed by atoms with van der Waals surface area (Å²) in [6, 6.07) is 10.8. The molecule has 2 aromatic carbocycles. The summed E-state index contributed by atoms with van der Waals surface area (Å²) in [5.74, 6) is -0.791. The highest BCUT2D eigenvalue weighted by Gasteiger charge is 2.09. The highest BCUT2D eigenvalue weighted by molar-refractivity contribution is 5.94. The number of ether oxygens (including phenoxy) is 3. The summed E-state index contributed by atoms with van der Waals surface area (Å²) in [6.45, 7) is -0.531. The fourth-order valence-electron chi connectivity index (χ4n) is 2.05. The first kappa shape index (κ1) is 19.0. The summed E-state index contributed by atoms with van der Waals surface area (Å²) in [7, 11) is 3.03. The van der Waals surface area contributed by atoms with Crippen LogP contribution in [0.25, 0.3) is 6.08 Å². The van der Waals surface area contributed by atoms with Gasteiger partial charge in [0, 0.05) is 17.7 Å². The molecule has 0 atom stereocenters. The monoisotopic (exact) mass is 359 g/mol. The molecule has 0 unspecified atom stereocenters. The molecule has 1 N–H and O–H groups in total. The lowest BCUT2D eigenvalue weighted by molar-refractivity contribution is -0.142. The summed E-state index contributed by atoms with van der Waals surface area (Å²) in [5.41, 5.74) is 0.660. The van der Waals surface area contributed by atoms with Gasteiger partial charge in [0.1, 0.15) is 17.3 Å². The standard InChI is InChI=1S/C19H18FNO5/c1-24-14-9-7-13(17(11-14)25-2)8-10-19(23)26-12-18(22)21-16-6-4-3-5-15(16)20/h3-11H,12H2,1-2H3,(H,21,22). The van der Waals surface area contributed by atoms with Crippen molar-refractivity contribution in [2.75, 3.05) is 26.1 Å². The Morgan fingerprint density at radius 2 is 1.88 bits per heavy atom. The van der Waals surface area contributed by atoms with Gasteiger partial charge in [0.2, 0.25) is 0 Å². The number of amides is 1. The minimum atomic E-state index is -0.716. The Labute approximate surface area is 150 Å². The summed E-state index contributed by atoms with van der Waals surface area (Å²) in [6.07, 6.45) is 2.66. The molecule has 26 heavy (non-hydrogen) atoms. The zero-order chi connectivity index (χ0) is 18.9. The minimum Gasteiger partial charge on any atom is -0.497 e. The van der Waals surface area contributed by atoms with Gasteiger partial charge in [0.05, 0.1) is 19.9 Å². The highest BCUT2D eigenvalue weighted by atomic mass is 19.1. The quantitative estimate of drug-likeness (QED) is 0.608. The van der Waals surface area contributed by atoms with E-state index in [1.807, 2.05) is 0 Å². The zero-order valence-electron chi connectivity index (χ0n) is 14.3. The lowest BCUT2D eigenvalue weighted by Gasteiger charge is -2.07. The summed E-state index contributed by atoms with van der Waals surface area (Å²) >= 11 is 0. The molecular weight excluding hydrogens is 341 g/mol. The van der Waals surface area contributed by atoms with Crippen LogP contribution in [0.2, 0.25) is 0 Å². The average molecular weight is 359 g/mol. The van der Waals surface area contributed by atoms with E-state index in [2.05, 4.69) is 5.32 Å². The lowest BCUT2D eigenvalue weighted by Crippen LogP contribution is -2.20. The molecular formula is C19H18FNO5. The van der Waals surface area contributed by atoms with E-state index in [4.69, 9.17) is 14.2 Å². The minimum absolute atomic E-state index is 0.0204. The van der Waals surface area contributed by atoms with E-state index in [-0.39, 0.29) is 5.69 Å². The van der Waals surface area contributed by atoms with Gasteiger partial charge in [-0.25, -0.2) is 9.18 Å². The number of hydrogen-bond acceptors (Lipinski definition) is 5. The Bertz CT molecular complexity index is 819. The predicted molar refractivity (Wildman–Crippen MR) is 94.6 cm³/mol.